The monoisotopic (exact) mass is 265 g/mol. The van der Waals surface area contributed by atoms with Gasteiger partial charge in [-0.15, -0.1) is 0 Å². The fourth-order valence-electron chi connectivity index (χ4n) is 2.46. The largest absolute Gasteiger partial charge is 0.343 e. The number of nitrogens with one attached hydrogen (secondary N) is 1. The molecule has 3 rings (SSSR count). The van der Waals surface area contributed by atoms with Crippen molar-refractivity contribution in [1.82, 2.24) is 14.9 Å². The highest BCUT2D eigenvalue weighted by Gasteiger charge is 2.03. The van der Waals surface area contributed by atoms with E-state index in [1.54, 1.807) is 0 Å². The zero-order valence-electron chi connectivity index (χ0n) is 11.7. The summed E-state index contributed by atoms with van der Waals surface area (Å²) in [5, 5.41) is 4.66. The van der Waals surface area contributed by atoms with Crippen molar-refractivity contribution in [1.29, 1.82) is 0 Å². The summed E-state index contributed by atoms with van der Waals surface area (Å²) in [6.45, 7) is 4.92. The first kappa shape index (κ1) is 12.9. The fraction of sp³-hybridized carbons (Fsp3) is 0.235. The van der Waals surface area contributed by atoms with E-state index in [1.165, 1.54) is 22.0 Å². The van der Waals surface area contributed by atoms with Crippen molar-refractivity contribution in [3.05, 3.63) is 66.1 Å². The second kappa shape index (κ2) is 5.88. The van der Waals surface area contributed by atoms with Crippen molar-refractivity contribution in [3.8, 4) is 0 Å². The minimum absolute atomic E-state index is 0.865. The van der Waals surface area contributed by atoms with E-state index in [0.29, 0.717) is 0 Å². The van der Waals surface area contributed by atoms with Gasteiger partial charge >= 0.3 is 0 Å². The zero-order chi connectivity index (χ0) is 13.8. The molecule has 2 heterocycles. The van der Waals surface area contributed by atoms with Gasteiger partial charge in [0.2, 0.25) is 0 Å². The molecule has 0 amide bonds. The number of hydrogen-bond acceptors (Lipinski definition) is 2. The summed E-state index contributed by atoms with van der Waals surface area (Å²) < 4.78 is 2.27. The molecule has 0 saturated heterocycles. The Kier molecular flexibility index (Phi) is 3.79. The lowest BCUT2D eigenvalue weighted by atomic mass is 10.1. The number of hydrogen-bond donors (Lipinski definition) is 1. The van der Waals surface area contributed by atoms with Crippen LogP contribution in [0.4, 0.5) is 0 Å². The average Bonchev–Trinajstić information content (AvgIpc) is 2.89. The molecule has 0 saturated carbocycles. The van der Waals surface area contributed by atoms with E-state index in [4.69, 9.17) is 0 Å². The molecule has 1 N–H and O–H groups in total. The van der Waals surface area contributed by atoms with Crippen LogP contribution >= 0.6 is 0 Å². The van der Waals surface area contributed by atoms with Crippen molar-refractivity contribution in [2.45, 2.75) is 20.0 Å². The molecule has 2 aromatic heterocycles. The molecule has 0 fully saturated rings. The van der Waals surface area contributed by atoms with Gasteiger partial charge in [-0.2, -0.15) is 0 Å². The molecule has 20 heavy (non-hydrogen) atoms. The summed E-state index contributed by atoms with van der Waals surface area (Å²) in [6.07, 6.45) is 5.88. The number of benzene rings is 1. The Hall–Kier alpha value is -2.13. The molecule has 3 heteroatoms. The van der Waals surface area contributed by atoms with Crippen molar-refractivity contribution < 1.29 is 0 Å². The molecule has 1 aromatic carbocycles. The molecule has 0 radical (unpaired) electrons. The van der Waals surface area contributed by atoms with E-state index in [2.05, 4.69) is 58.3 Å². The molecular weight excluding hydrogens is 246 g/mol. The Balaban J connectivity index is 1.86. The Morgan fingerprint density at radius 2 is 2.10 bits per heavy atom. The van der Waals surface area contributed by atoms with Crippen molar-refractivity contribution >= 4 is 10.9 Å². The Morgan fingerprint density at radius 1 is 1.15 bits per heavy atom. The minimum atomic E-state index is 0.865. The first-order valence-corrected chi connectivity index (χ1v) is 7.04. The van der Waals surface area contributed by atoms with Crippen LogP contribution in [-0.4, -0.2) is 16.1 Å². The summed E-state index contributed by atoms with van der Waals surface area (Å²) >= 11 is 0. The number of fused-ring (bicyclic) bond motifs is 1. The van der Waals surface area contributed by atoms with Crippen LogP contribution in [0.5, 0.6) is 0 Å². The van der Waals surface area contributed by atoms with Gasteiger partial charge in [0.15, 0.2) is 0 Å². The second-order valence-corrected chi connectivity index (χ2v) is 4.98. The lowest BCUT2D eigenvalue weighted by Gasteiger charge is -2.06. The molecule has 3 aromatic rings. The molecule has 0 aliphatic carbocycles. The smallest absolute Gasteiger partial charge is 0.0491 e. The fourth-order valence-corrected chi connectivity index (χ4v) is 2.46. The minimum Gasteiger partial charge on any atom is -0.343 e. The molecule has 0 bridgehead atoms. The van der Waals surface area contributed by atoms with E-state index in [9.17, 15) is 0 Å². The van der Waals surface area contributed by atoms with Crippen LogP contribution < -0.4 is 5.32 Å². The summed E-state index contributed by atoms with van der Waals surface area (Å²) in [4.78, 5) is 4.17. The van der Waals surface area contributed by atoms with Crippen LogP contribution in [0.1, 0.15) is 18.1 Å². The Labute approximate surface area is 119 Å². The van der Waals surface area contributed by atoms with Gasteiger partial charge < -0.3 is 9.88 Å². The molecular formula is C17H19N3. The summed E-state index contributed by atoms with van der Waals surface area (Å²) in [7, 11) is 0. The lowest BCUT2D eigenvalue weighted by Crippen LogP contribution is -2.11. The zero-order valence-corrected chi connectivity index (χ0v) is 11.7. The van der Waals surface area contributed by atoms with Crippen LogP contribution in [0.2, 0.25) is 0 Å². The highest BCUT2D eigenvalue weighted by atomic mass is 15.0. The summed E-state index contributed by atoms with van der Waals surface area (Å²) in [5.41, 5.74) is 3.83. The van der Waals surface area contributed by atoms with Crippen LogP contribution in [0.15, 0.2) is 55.0 Å². The molecule has 0 atom stereocenters. The SMILES string of the molecule is CCNCc1ccc2c(ccn2Cc2cccnc2)c1. The normalized spacial score (nSPS) is 11.1. The van der Waals surface area contributed by atoms with Gasteiger partial charge in [0, 0.05) is 37.2 Å². The highest BCUT2D eigenvalue weighted by molar-refractivity contribution is 5.81. The molecule has 0 aliphatic rings. The van der Waals surface area contributed by atoms with Gasteiger partial charge in [-0.3, -0.25) is 4.98 Å². The van der Waals surface area contributed by atoms with E-state index >= 15 is 0 Å². The number of aromatic nitrogens is 2. The number of pyridine rings is 1. The van der Waals surface area contributed by atoms with Crippen molar-refractivity contribution in [2.24, 2.45) is 0 Å². The number of rotatable bonds is 5. The van der Waals surface area contributed by atoms with E-state index in [0.717, 1.165) is 19.6 Å². The average molecular weight is 265 g/mol. The standard InChI is InChI=1S/C17H19N3/c1-2-18-11-14-5-6-17-16(10-14)7-9-20(17)13-15-4-3-8-19-12-15/h3-10,12,18H,2,11,13H2,1H3. The van der Waals surface area contributed by atoms with Gasteiger partial charge in [-0.05, 0) is 47.3 Å². The summed E-state index contributed by atoms with van der Waals surface area (Å²) in [5.74, 6) is 0. The predicted molar refractivity (Wildman–Crippen MR) is 82.7 cm³/mol. The highest BCUT2D eigenvalue weighted by Crippen LogP contribution is 2.19. The maximum Gasteiger partial charge on any atom is 0.0491 e. The van der Waals surface area contributed by atoms with Gasteiger partial charge in [0.05, 0.1) is 0 Å². The van der Waals surface area contributed by atoms with Gasteiger partial charge in [0.1, 0.15) is 0 Å². The Bertz CT molecular complexity index is 686. The van der Waals surface area contributed by atoms with Gasteiger partial charge in [0.25, 0.3) is 0 Å². The maximum absolute atomic E-state index is 4.17. The lowest BCUT2D eigenvalue weighted by molar-refractivity contribution is 0.727. The van der Waals surface area contributed by atoms with Crippen LogP contribution in [0.25, 0.3) is 10.9 Å². The van der Waals surface area contributed by atoms with Crippen LogP contribution in [0.3, 0.4) is 0 Å². The topological polar surface area (TPSA) is 29.9 Å². The van der Waals surface area contributed by atoms with Gasteiger partial charge in [-0.25, -0.2) is 0 Å². The van der Waals surface area contributed by atoms with E-state index in [1.807, 2.05) is 18.5 Å². The quantitative estimate of drug-likeness (QED) is 0.768. The second-order valence-electron chi connectivity index (χ2n) is 4.98. The van der Waals surface area contributed by atoms with Crippen LogP contribution in [0, 0.1) is 0 Å². The molecule has 3 nitrogen and oxygen atoms in total. The van der Waals surface area contributed by atoms with E-state index < -0.39 is 0 Å². The maximum atomic E-state index is 4.17. The van der Waals surface area contributed by atoms with Gasteiger partial charge in [-0.1, -0.05) is 19.1 Å². The van der Waals surface area contributed by atoms with Crippen molar-refractivity contribution in [2.75, 3.05) is 6.54 Å². The first-order valence-electron chi connectivity index (χ1n) is 7.04. The third-order valence-corrected chi connectivity index (χ3v) is 3.49. The summed E-state index contributed by atoms with van der Waals surface area (Å²) in [6, 6.07) is 12.9. The molecule has 0 aliphatic heterocycles. The Morgan fingerprint density at radius 3 is 2.90 bits per heavy atom. The van der Waals surface area contributed by atoms with Crippen molar-refractivity contribution in [3.63, 3.8) is 0 Å². The molecule has 0 spiro atoms. The third kappa shape index (κ3) is 2.73. The van der Waals surface area contributed by atoms with E-state index in [-0.39, 0.29) is 0 Å². The molecule has 102 valence electrons. The predicted octanol–water partition coefficient (Wildman–Crippen LogP) is 3.19. The molecule has 0 unspecified atom stereocenters. The van der Waals surface area contributed by atoms with Crippen LogP contribution in [-0.2, 0) is 13.1 Å². The first-order chi connectivity index (χ1) is 9.86. The number of nitrogens with zero attached hydrogens (tertiary/aromatic N) is 2. The third-order valence-electron chi connectivity index (χ3n) is 3.49.